The monoisotopic (exact) mass is 431 g/mol. The topological polar surface area (TPSA) is 38.2 Å². The van der Waals surface area contributed by atoms with Crippen LogP contribution in [-0.4, -0.2) is 23.6 Å². The second-order valence-corrected chi connectivity index (χ2v) is 8.83. The van der Waals surface area contributed by atoms with Crippen molar-refractivity contribution in [3.63, 3.8) is 0 Å². The molecule has 1 unspecified atom stereocenters. The van der Waals surface area contributed by atoms with Crippen molar-refractivity contribution in [3.05, 3.63) is 90.0 Å². The molecule has 0 amide bonds. The molecule has 0 saturated heterocycles. The Labute approximate surface area is 185 Å². The lowest BCUT2D eigenvalue weighted by atomic mass is 10.1. The van der Waals surface area contributed by atoms with Crippen molar-refractivity contribution in [3.8, 4) is 5.75 Å². The van der Waals surface area contributed by atoms with Crippen molar-refractivity contribution in [2.75, 3.05) is 18.6 Å². The van der Waals surface area contributed by atoms with Crippen molar-refractivity contribution in [2.45, 2.75) is 23.1 Å². The number of hydrogen-bond acceptors (Lipinski definition) is 5. The van der Waals surface area contributed by atoms with Crippen LogP contribution >= 0.6 is 11.8 Å². The summed E-state index contributed by atoms with van der Waals surface area (Å²) in [6.07, 6.45) is 4.35. The van der Waals surface area contributed by atoms with Gasteiger partial charge in [0.25, 0.3) is 0 Å². The van der Waals surface area contributed by atoms with Crippen molar-refractivity contribution in [1.82, 2.24) is 9.97 Å². The Bertz CT molecular complexity index is 1230. The average Bonchev–Trinajstić information content (AvgIpc) is 2.98. The maximum atomic E-state index is 13.9. The summed E-state index contributed by atoms with van der Waals surface area (Å²) >= 11 is 1.78. The third kappa shape index (κ3) is 4.21. The number of fused-ring (bicyclic) bond motifs is 2. The molecule has 0 saturated carbocycles. The second kappa shape index (κ2) is 8.55. The van der Waals surface area contributed by atoms with Gasteiger partial charge in [-0.2, -0.15) is 0 Å². The summed E-state index contributed by atoms with van der Waals surface area (Å²) in [5.41, 5.74) is 5.17. The van der Waals surface area contributed by atoms with Gasteiger partial charge < -0.3 is 9.64 Å². The Morgan fingerprint density at radius 1 is 1.03 bits per heavy atom. The van der Waals surface area contributed by atoms with Crippen LogP contribution in [0.15, 0.2) is 78.0 Å². The van der Waals surface area contributed by atoms with E-state index in [1.165, 1.54) is 17.3 Å². The van der Waals surface area contributed by atoms with E-state index in [-0.39, 0.29) is 11.1 Å². The number of nitrogens with zero attached hydrogens (tertiary/aromatic N) is 3. The van der Waals surface area contributed by atoms with E-state index in [1.807, 2.05) is 18.2 Å². The maximum absolute atomic E-state index is 13.9. The first kappa shape index (κ1) is 19.8. The van der Waals surface area contributed by atoms with Crippen LogP contribution in [0.1, 0.15) is 22.8 Å². The van der Waals surface area contributed by atoms with E-state index in [0.29, 0.717) is 0 Å². The lowest BCUT2D eigenvalue weighted by molar-refractivity contribution is 0.413. The number of benzene rings is 3. The molecule has 5 rings (SSSR count). The van der Waals surface area contributed by atoms with Crippen LogP contribution in [0.5, 0.6) is 5.75 Å². The van der Waals surface area contributed by atoms with Crippen molar-refractivity contribution in [2.24, 2.45) is 0 Å². The quantitative estimate of drug-likeness (QED) is 0.395. The van der Waals surface area contributed by atoms with Crippen molar-refractivity contribution < 1.29 is 9.13 Å². The van der Waals surface area contributed by atoms with Crippen LogP contribution in [-0.2, 0) is 6.54 Å². The van der Waals surface area contributed by atoms with Gasteiger partial charge in [0.05, 0.1) is 23.8 Å². The van der Waals surface area contributed by atoms with Crippen LogP contribution in [0.2, 0.25) is 0 Å². The molecule has 1 aliphatic rings. The third-order valence-corrected chi connectivity index (χ3v) is 6.94. The molecule has 0 aliphatic carbocycles. The van der Waals surface area contributed by atoms with Gasteiger partial charge in [-0.15, -0.1) is 11.8 Å². The molecule has 4 nitrogen and oxygen atoms in total. The van der Waals surface area contributed by atoms with Crippen molar-refractivity contribution in [1.29, 1.82) is 0 Å². The zero-order valence-corrected chi connectivity index (χ0v) is 18.0. The molecule has 1 aromatic heterocycles. The molecule has 3 aromatic carbocycles. The Hall–Kier alpha value is -3.12. The van der Waals surface area contributed by atoms with E-state index in [0.717, 1.165) is 46.8 Å². The second-order valence-electron chi connectivity index (χ2n) is 7.58. The number of rotatable bonds is 4. The standard InChI is InChI=1S/C25H22FN3OS/c1-30-20-6-8-23-25(15-20)31-24(18-3-2-4-19(26)14-18)9-12-29(23)16-17-5-7-21-22(13-17)28-11-10-27-21/h2-8,10-11,13-15,24H,9,12,16H2,1H3. The van der Waals surface area contributed by atoms with E-state index in [1.54, 1.807) is 43.4 Å². The fourth-order valence-electron chi connectivity index (χ4n) is 4.02. The minimum absolute atomic E-state index is 0.175. The average molecular weight is 432 g/mol. The smallest absolute Gasteiger partial charge is 0.123 e. The number of thioether (sulfide) groups is 1. The van der Waals surface area contributed by atoms with Gasteiger partial charge in [0.1, 0.15) is 11.6 Å². The van der Waals surface area contributed by atoms with Crippen LogP contribution in [0.4, 0.5) is 10.1 Å². The minimum atomic E-state index is -0.192. The first-order chi connectivity index (χ1) is 15.2. The molecule has 0 radical (unpaired) electrons. The Morgan fingerprint density at radius 3 is 2.74 bits per heavy atom. The molecule has 6 heteroatoms. The van der Waals surface area contributed by atoms with Gasteiger partial charge in [-0.1, -0.05) is 18.2 Å². The molecule has 1 aliphatic heterocycles. The Balaban J connectivity index is 1.49. The van der Waals surface area contributed by atoms with Crippen LogP contribution < -0.4 is 9.64 Å². The third-order valence-electron chi connectivity index (χ3n) is 5.57. The van der Waals surface area contributed by atoms with E-state index >= 15 is 0 Å². The van der Waals surface area contributed by atoms with Crippen LogP contribution in [0.25, 0.3) is 11.0 Å². The largest absolute Gasteiger partial charge is 0.497 e. The SMILES string of the molecule is COc1ccc2c(c1)SC(c1cccc(F)c1)CCN2Cc1ccc2nccnc2c1. The highest BCUT2D eigenvalue weighted by Crippen LogP contribution is 2.46. The van der Waals surface area contributed by atoms with Crippen molar-refractivity contribution >= 4 is 28.5 Å². The number of ether oxygens (including phenoxy) is 1. The van der Waals surface area contributed by atoms with Crippen LogP contribution in [0, 0.1) is 5.82 Å². The molecule has 4 aromatic rings. The summed E-state index contributed by atoms with van der Waals surface area (Å²) in [5, 5.41) is 0.175. The number of aromatic nitrogens is 2. The molecule has 2 heterocycles. The first-order valence-electron chi connectivity index (χ1n) is 10.2. The van der Waals surface area contributed by atoms with Gasteiger partial charge in [0.2, 0.25) is 0 Å². The number of hydrogen-bond donors (Lipinski definition) is 0. The molecular formula is C25H22FN3OS. The van der Waals surface area contributed by atoms with Gasteiger partial charge in [-0.05, 0) is 60.0 Å². The number of methoxy groups -OCH3 is 1. The van der Waals surface area contributed by atoms with Gasteiger partial charge in [0.15, 0.2) is 0 Å². The molecule has 0 fully saturated rings. The molecule has 156 valence electrons. The minimum Gasteiger partial charge on any atom is -0.497 e. The number of anilines is 1. The van der Waals surface area contributed by atoms with Crippen LogP contribution in [0.3, 0.4) is 0 Å². The summed E-state index contributed by atoms with van der Waals surface area (Å²) in [6, 6.07) is 19.4. The summed E-state index contributed by atoms with van der Waals surface area (Å²) in [5.74, 6) is 0.634. The van der Waals surface area contributed by atoms with E-state index < -0.39 is 0 Å². The summed E-state index contributed by atoms with van der Waals surface area (Å²) in [4.78, 5) is 12.3. The fourth-order valence-corrected chi connectivity index (χ4v) is 5.33. The molecule has 31 heavy (non-hydrogen) atoms. The zero-order valence-electron chi connectivity index (χ0n) is 17.2. The highest BCUT2D eigenvalue weighted by Gasteiger charge is 2.24. The van der Waals surface area contributed by atoms with E-state index in [4.69, 9.17) is 4.74 Å². The Kier molecular flexibility index (Phi) is 5.47. The lowest BCUT2D eigenvalue weighted by Crippen LogP contribution is -2.24. The predicted molar refractivity (Wildman–Crippen MR) is 123 cm³/mol. The normalized spacial score (nSPS) is 16.1. The predicted octanol–water partition coefficient (Wildman–Crippen LogP) is 6.02. The summed E-state index contributed by atoms with van der Waals surface area (Å²) in [6.45, 7) is 1.63. The van der Waals surface area contributed by atoms with Gasteiger partial charge in [-0.25, -0.2) is 4.39 Å². The highest BCUT2D eigenvalue weighted by molar-refractivity contribution is 7.99. The molecule has 0 N–H and O–H groups in total. The summed E-state index contributed by atoms with van der Waals surface area (Å²) in [7, 11) is 1.68. The molecule has 0 bridgehead atoms. The summed E-state index contributed by atoms with van der Waals surface area (Å²) < 4.78 is 19.4. The lowest BCUT2D eigenvalue weighted by Gasteiger charge is -2.25. The Morgan fingerprint density at radius 2 is 1.90 bits per heavy atom. The fraction of sp³-hybridized carbons (Fsp3) is 0.200. The molecular weight excluding hydrogens is 409 g/mol. The molecule has 0 spiro atoms. The van der Waals surface area contributed by atoms with Gasteiger partial charge in [-0.3, -0.25) is 9.97 Å². The van der Waals surface area contributed by atoms with Gasteiger partial charge in [0, 0.05) is 35.6 Å². The first-order valence-corrected chi connectivity index (χ1v) is 11.1. The zero-order chi connectivity index (χ0) is 21.2. The van der Waals surface area contributed by atoms with E-state index in [9.17, 15) is 4.39 Å². The maximum Gasteiger partial charge on any atom is 0.123 e. The highest BCUT2D eigenvalue weighted by atomic mass is 32.2. The van der Waals surface area contributed by atoms with Gasteiger partial charge >= 0.3 is 0 Å². The van der Waals surface area contributed by atoms with E-state index in [2.05, 4.69) is 39.1 Å². The molecule has 1 atom stereocenters. The number of halogens is 1.